The molecule has 0 saturated carbocycles. The molecule has 4 heteroatoms. The van der Waals surface area contributed by atoms with E-state index in [0.29, 0.717) is 12.0 Å². The minimum absolute atomic E-state index is 0.272. The van der Waals surface area contributed by atoms with Crippen LogP contribution in [-0.2, 0) is 6.54 Å². The smallest absolute Gasteiger partial charge is 0.0446 e. The number of halogens is 1. The van der Waals surface area contributed by atoms with E-state index in [1.54, 1.807) is 0 Å². The molecule has 1 aromatic carbocycles. The minimum atomic E-state index is 0.272. The highest BCUT2D eigenvalue weighted by atomic mass is 35.5. The fourth-order valence-electron chi connectivity index (χ4n) is 3.08. The van der Waals surface area contributed by atoms with E-state index in [1.807, 2.05) is 12.1 Å². The third-order valence-electron chi connectivity index (χ3n) is 4.07. The Bertz CT molecular complexity index is 421. The molecule has 0 aromatic heterocycles. The lowest BCUT2D eigenvalue weighted by Gasteiger charge is -2.42. The average Bonchev–Trinajstić information content (AvgIpc) is 2.44. The highest BCUT2D eigenvalue weighted by molar-refractivity contribution is 6.30. The molecule has 0 spiro atoms. The van der Waals surface area contributed by atoms with E-state index < -0.39 is 0 Å². The highest BCUT2D eigenvalue weighted by Gasteiger charge is 2.26. The van der Waals surface area contributed by atoms with Crippen molar-refractivity contribution >= 4 is 11.6 Å². The zero-order valence-electron chi connectivity index (χ0n) is 13.1. The van der Waals surface area contributed by atoms with Gasteiger partial charge in [0.25, 0.3) is 0 Å². The van der Waals surface area contributed by atoms with Gasteiger partial charge in [0.1, 0.15) is 0 Å². The second-order valence-electron chi connectivity index (χ2n) is 6.42. The van der Waals surface area contributed by atoms with Crippen LogP contribution in [0.3, 0.4) is 0 Å². The molecule has 0 amide bonds. The number of hydrogen-bond donors (Lipinski definition) is 1. The van der Waals surface area contributed by atoms with Crippen molar-refractivity contribution in [3.8, 4) is 0 Å². The monoisotopic (exact) mass is 310 g/mol. The molecule has 1 saturated heterocycles. The molecule has 1 aliphatic heterocycles. The molecule has 0 aliphatic carbocycles. The number of rotatable bonds is 6. The van der Waals surface area contributed by atoms with Crippen LogP contribution in [0, 0.1) is 5.92 Å². The lowest BCUT2D eigenvalue weighted by Crippen LogP contribution is -2.53. The summed E-state index contributed by atoms with van der Waals surface area (Å²) in [5.74, 6) is 0.675. The molecule has 1 fully saturated rings. The summed E-state index contributed by atoms with van der Waals surface area (Å²) < 4.78 is 0. The molecule has 3 nitrogen and oxygen atoms in total. The Kier molecular flexibility index (Phi) is 6.49. The van der Waals surface area contributed by atoms with Gasteiger partial charge < -0.3 is 5.11 Å². The molecule has 1 aromatic rings. The summed E-state index contributed by atoms with van der Waals surface area (Å²) in [5, 5.41) is 10.1. The molecule has 1 heterocycles. The molecular weight excluding hydrogens is 284 g/mol. The van der Waals surface area contributed by atoms with Crippen LogP contribution in [0.25, 0.3) is 0 Å². The first-order valence-electron chi connectivity index (χ1n) is 7.90. The van der Waals surface area contributed by atoms with Gasteiger partial charge in [0, 0.05) is 50.4 Å². The first-order valence-corrected chi connectivity index (χ1v) is 8.28. The number of benzene rings is 1. The van der Waals surface area contributed by atoms with E-state index >= 15 is 0 Å². The van der Waals surface area contributed by atoms with Crippen LogP contribution in [-0.4, -0.2) is 53.7 Å². The van der Waals surface area contributed by atoms with Crippen LogP contribution in [0.2, 0.25) is 5.02 Å². The predicted molar refractivity (Wildman–Crippen MR) is 88.6 cm³/mol. The van der Waals surface area contributed by atoms with Crippen molar-refractivity contribution < 1.29 is 5.11 Å². The van der Waals surface area contributed by atoms with Gasteiger partial charge in [-0.2, -0.15) is 0 Å². The van der Waals surface area contributed by atoms with Crippen LogP contribution in [0.1, 0.15) is 25.8 Å². The number of aliphatic hydroxyl groups is 1. The number of hydrogen-bond acceptors (Lipinski definition) is 3. The van der Waals surface area contributed by atoms with Crippen molar-refractivity contribution in [3.05, 3.63) is 34.9 Å². The van der Waals surface area contributed by atoms with Gasteiger partial charge in [0.15, 0.2) is 0 Å². The average molecular weight is 311 g/mol. The third-order valence-corrected chi connectivity index (χ3v) is 4.32. The van der Waals surface area contributed by atoms with Crippen LogP contribution in [0.5, 0.6) is 0 Å². The molecule has 1 atom stereocenters. The molecule has 1 N–H and O–H groups in total. The predicted octanol–water partition coefficient (Wildman–Crippen LogP) is 2.86. The maximum Gasteiger partial charge on any atom is 0.0446 e. The van der Waals surface area contributed by atoms with Gasteiger partial charge in [-0.15, -0.1) is 0 Å². The zero-order valence-corrected chi connectivity index (χ0v) is 13.9. The Morgan fingerprint density at radius 2 is 1.95 bits per heavy atom. The normalized spacial score (nSPS) is 21.1. The van der Waals surface area contributed by atoms with E-state index in [0.717, 1.165) is 44.2 Å². The topological polar surface area (TPSA) is 26.7 Å². The highest BCUT2D eigenvalue weighted by Crippen LogP contribution is 2.18. The third kappa shape index (κ3) is 5.26. The Labute approximate surface area is 133 Å². The zero-order chi connectivity index (χ0) is 15.2. The first-order chi connectivity index (χ1) is 10.1. The van der Waals surface area contributed by atoms with Crippen molar-refractivity contribution in [1.29, 1.82) is 0 Å². The summed E-state index contributed by atoms with van der Waals surface area (Å²) in [5.41, 5.74) is 1.31. The maximum atomic E-state index is 9.32. The van der Waals surface area contributed by atoms with Crippen molar-refractivity contribution in [2.75, 3.05) is 32.8 Å². The minimum Gasteiger partial charge on any atom is -0.396 e. The summed E-state index contributed by atoms with van der Waals surface area (Å²) in [6, 6.07) is 8.58. The molecule has 0 bridgehead atoms. The summed E-state index contributed by atoms with van der Waals surface area (Å²) in [6.45, 7) is 10.1. The summed E-state index contributed by atoms with van der Waals surface area (Å²) >= 11 is 5.94. The van der Waals surface area contributed by atoms with Crippen LogP contribution < -0.4 is 0 Å². The van der Waals surface area contributed by atoms with E-state index in [9.17, 15) is 5.11 Å². The second-order valence-corrected chi connectivity index (χ2v) is 6.85. The summed E-state index contributed by atoms with van der Waals surface area (Å²) in [4.78, 5) is 5.03. The van der Waals surface area contributed by atoms with Crippen LogP contribution >= 0.6 is 11.6 Å². The van der Waals surface area contributed by atoms with Crippen LogP contribution in [0.15, 0.2) is 24.3 Å². The molecular formula is C17H27ClN2O. The quantitative estimate of drug-likeness (QED) is 0.875. The van der Waals surface area contributed by atoms with Gasteiger partial charge >= 0.3 is 0 Å². The fraction of sp³-hybridized carbons (Fsp3) is 0.647. The van der Waals surface area contributed by atoms with Crippen molar-refractivity contribution in [2.45, 2.75) is 32.9 Å². The fourth-order valence-corrected chi connectivity index (χ4v) is 3.21. The summed E-state index contributed by atoms with van der Waals surface area (Å²) in [7, 11) is 0. The molecule has 21 heavy (non-hydrogen) atoms. The van der Waals surface area contributed by atoms with Crippen molar-refractivity contribution in [2.24, 2.45) is 5.92 Å². The first kappa shape index (κ1) is 16.8. The van der Waals surface area contributed by atoms with Gasteiger partial charge in [0.05, 0.1) is 0 Å². The Morgan fingerprint density at radius 3 is 2.57 bits per heavy atom. The Morgan fingerprint density at radius 1 is 1.24 bits per heavy atom. The number of nitrogens with zero attached hydrogens (tertiary/aromatic N) is 2. The number of aliphatic hydroxyl groups excluding tert-OH is 1. The standard InChI is InChI=1S/C17H27ClN2O/c1-14(2)11-20-9-8-19(13-17(20)7-10-21)12-15-3-5-16(18)6-4-15/h3-6,14,17,21H,7-13H2,1-2H3/t17-/m0/s1. The Balaban J connectivity index is 1.93. The van der Waals surface area contributed by atoms with E-state index in [4.69, 9.17) is 11.6 Å². The van der Waals surface area contributed by atoms with Gasteiger partial charge in [-0.25, -0.2) is 0 Å². The Hall–Kier alpha value is -0.610. The molecule has 1 aliphatic rings. The van der Waals surface area contributed by atoms with Gasteiger partial charge in [0.2, 0.25) is 0 Å². The summed E-state index contributed by atoms with van der Waals surface area (Å²) in [6.07, 6.45) is 0.865. The van der Waals surface area contributed by atoms with E-state index in [1.165, 1.54) is 5.56 Å². The SMILES string of the molecule is CC(C)CN1CCN(Cc2ccc(Cl)cc2)C[C@@H]1CCO. The lowest BCUT2D eigenvalue weighted by atomic mass is 10.1. The molecule has 118 valence electrons. The van der Waals surface area contributed by atoms with E-state index in [-0.39, 0.29) is 6.61 Å². The maximum absolute atomic E-state index is 9.32. The lowest BCUT2D eigenvalue weighted by molar-refractivity contribution is 0.0477. The van der Waals surface area contributed by atoms with Crippen LogP contribution in [0.4, 0.5) is 0 Å². The van der Waals surface area contributed by atoms with Gasteiger partial charge in [-0.3, -0.25) is 9.80 Å². The van der Waals surface area contributed by atoms with Crippen molar-refractivity contribution in [1.82, 2.24) is 9.80 Å². The molecule has 0 unspecified atom stereocenters. The van der Waals surface area contributed by atoms with Gasteiger partial charge in [-0.05, 0) is 30.0 Å². The van der Waals surface area contributed by atoms with Gasteiger partial charge in [-0.1, -0.05) is 37.6 Å². The van der Waals surface area contributed by atoms with Crippen molar-refractivity contribution in [3.63, 3.8) is 0 Å². The largest absolute Gasteiger partial charge is 0.396 e. The molecule has 2 rings (SSSR count). The second kappa shape index (κ2) is 8.14. The molecule has 0 radical (unpaired) electrons. The van der Waals surface area contributed by atoms with E-state index in [2.05, 4.69) is 35.8 Å². The number of piperazine rings is 1.